The fourth-order valence-corrected chi connectivity index (χ4v) is 4.46. The third-order valence-electron chi connectivity index (χ3n) is 5.34. The molecule has 2 aromatic rings. The Morgan fingerprint density at radius 3 is 2.40 bits per heavy atom. The van der Waals surface area contributed by atoms with Crippen molar-refractivity contribution in [3.05, 3.63) is 51.0 Å². The summed E-state index contributed by atoms with van der Waals surface area (Å²) in [5, 5.41) is 7.89. The maximum absolute atomic E-state index is 4.48. The van der Waals surface area contributed by atoms with Crippen LogP contribution in [0.15, 0.2) is 29.3 Å². The zero-order chi connectivity index (χ0) is 20.6. The smallest absolute Gasteiger partial charge is 0.191 e. The minimum atomic E-state index is 0. The van der Waals surface area contributed by atoms with Gasteiger partial charge in [-0.3, -0.25) is 9.89 Å². The van der Waals surface area contributed by atoms with E-state index in [1.165, 1.54) is 35.5 Å². The second-order valence-corrected chi connectivity index (χ2v) is 9.06. The van der Waals surface area contributed by atoms with Gasteiger partial charge in [-0.25, -0.2) is 4.98 Å². The molecule has 0 spiro atoms. The number of aromatic nitrogens is 1. The Labute approximate surface area is 202 Å². The molecule has 1 aliphatic rings. The van der Waals surface area contributed by atoms with E-state index < -0.39 is 0 Å². The van der Waals surface area contributed by atoms with Crippen LogP contribution in [0.25, 0.3) is 0 Å². The standard InChI is InChI=1S/C22H34N6S.HI/c1-17-21(29-18(2)26-17)15-25-22(23-3)24-14-19-6-8-20(9-7-19)16-28-11-5-10-27(4)12-13-28;/h6-9H,5,10-16H2,1-4H3,(H2,23,24,25);1H. The van der Waals surface area contributed by atoms with Crippen LogP contribution in [0.4, 0.5) is 0 Å². The van der Waals surface area contributed by atoms with Crippen LogP contribution < -0.4 is 10.6 Å². The summed E-state index contributed by atoms with van der Waals surface area (Å²) in [6.45, 7) is 11.4. The average molecular weight is 543 g/mol. The Morgan fingerprint density at radius 1 is 1.03 bits per heavy atom. The van der Waals surface area contributed by atoms with E-state index in [0.29, 0.717) is 0 Å². The molecule has 6 nitrogen and oxygen atoms in total. The Bertz CT molecular complexity index is 804. The molecule has 3 rings (SSSR count). The van der Waals surface area contributed by atoms with E-state index in [4.69, 9.17) is 0 Å². The predicted octanol–water partition coefficient (Wildman–Crippen LogP) is 3.38. The summed E-state index contributed by atoms with van der Waals surface area (Å²) in [7, 11) is 4.02. The first-order valence-corrected chi connectivity index (χ1v) is 11.2. The quantitative estimate of drug-likeness (QED) is 0.333. The minimum Gasteiger partial charge on any atom is -0.352 e. The van der Waals surface area contributed by atoms with Crippen LogP contribution in [-0.2, 0) is 19.6 Å². The van der Waals surface area contributed by atoms with Gasteiger partial charge in [0.15, 0.2) is 5.96 Å². The van der Waals surface area contributed by atoms with E-state index in [9.17, 15) is 0 Å². The van der Waals surface area contributed by atoms with Crippen molar-refractivity contribution in [3.8, 4) is 0 Å². The molecular formula is C22H35IN6S. The van der Waals surface area contributed by atoms with Crippen LogP contribution in [-0.4, -0.2) is 61.0 Å². The molecule has 1 fully saturated rings. The molecule has 0 saturated carbocycles. The summed E-state index contributed by atoms with van der Waals surface area (Å²) in [6, 6.07) is 8.95. The van der Waals surface area contributed by atoms with Gasteiger partial charge in [0.2, 0.25) is 0 Å². The zero-order valence-corrected chi connectivity index (χ0v) is 21.7. The lowest BCUT2D eigenvalue weighted by Gasteiger charge is -2.20. The fraction of sp³-hybridized carbons (Fsp3) is 0.545. The topological polar surface area (TPSA) is 55.8 Å². The summed E-state index contributed by atoms with van der Waals surface area (Å²) >= 11 is 1.74. The normalized spacial score (nSPS) is 16.1. The van der Waals surface area contributed by atoms with E-state index in [0.717, 1.165) is 49.4 Å². The number of nitrogens with one attached hydrogen (secondary N) is 2. The fourth-order valence-electron chi connectivity index (χ4n) is 3.59. The number of guanidine groups is 1. The maximum Gasteiger partial charge on any atom is 0.191 e. The van der Waals surface area contributed by atoms with Gasteiger partial charge in [-0.2, -0.15) is 0 Å². The zero-order valence-electron chi connectivity index (χ0n) is 18.6. The SMILES string of the molecule is CN=C(NCc1ccc(CN2CCCN(C)CC2)cc1)NCc1sc(C)nc1C.I. The number of aliphatic imine (C=N–C) groups is 1. The second kappa shape index (κ2) is 12.6. The van der Waals surface area contributed by atoms with E-state index in [-0.39, 0.29) is 24.0 Å². The van der Waals surface area contributed by atoms with Gasteiger partial charge in [-0.1, -0.05) is 24.3 Å². The van der Waals surface area contributed by atoms with E-state index >= 15 is 0 Å². The summed E-state index contributed by atoms with van der Waals surface area (Å²) in [5.74, 6) is 0.813. The number of hydrogen-bond acceptors (Lipinski definition) is 5. The third-order valence-corrected chi connectivity index (χ3v) is 6.41. The van der Waals surface area contributed by atoms with Gasteiger partial charge in [-0.05, 0) is 51.5 Å². The number of thiazole rings is 1. The number of halogens is 1. The first-order chi connectivity index (χ1) is 14.0. The van der Waals surface area contributed by atoms with Gasteiger partial charge >= 0.3 is 0 Å². The molecular weight excluding hydrogens is 507 g/mol. The second-order valence-electron chi connectivity index (χ2n) is 7.77. The van der Waals surface area contributed by atoms with Gasteiger partial charge in [0, 0.05) is 38.1 Å². The first kappa shape index (κ1) is 25.0. The Morgan fingerprint density at radius 2 is 1.73 bits per heavy atom. The Hall–Kier alpha value is -1.23. The number of likely N-dealkylation sites (N-methyl/N-ethyl adjacent to an activating group) is 1. The van der Waals surface area contributed by atoms with E-state index in [2.05, 4.69) is 68.6 Å². The number of hydrogen-bond donors (Lipinski definition) is 2. The van der Waals surface area contributed by atoms with Crippen molar-refractivity contribution < 1.29 is 0 Å². The van der Waals surface area contributed by atoms with Gasteiger partial charge < -0.3 is 15.5 Å². The highest BCUT2D eigenvalue weighted by atomic mass is 127. The molecule has 30 heavy (non-hydrogen) atoms. The molecule has 1 saturated heterocycles. The summed E-state index contributed by atoms with van der Waals surface area (Å²) in [5.41, 5.74) is 3.75. The molecule has 1 aromatic carbocycles. The highest BCUT2D eigenvalue weighted by molar-refractivity contribution is 14.0. The van der Waals surface area contributed by atoms with Crippen molar-refractivity contribution in [2.75, 3.05) is 40.3 Å². The van der Waals surface area contributed by atoms with Crippen LogP contribution in [0.1, 0.15) is 33.1 Å². The van der Waals surface area contributed by atoms with Crippen LogP contribution in [0, 0.1) is 13.8 Å². The van der Waals surface area contributed by atoms with Crippen molar-refractivity contribution in [1.29, 1.82) is 0 Å². The maximum atomic E-state index is 4.48. The summed E-state index contributed by atoms with van der Waals surface area (Å²) in [6.07, 6.45) is 1.26. The van der Waals surface area contributed by atoms with Gasteiger partial charge in [0.25, 0.3) is 0 Å². The molecule has 0 atom stereocenters. The lowest BCUT2D eigenvalue weighted by molar-refractivity contribution is 0.269. The highest BCUT2D eigenvalue weighted by Gasteiger charge is 2.12. The Kier molecular flexibility index (Phi) is 10.5. The molecule has 8 heteroatoms. The van der Waals surface area contributed by atoms with Crippen LogP contribution in [0.5, 0.6) is 0 Å². The number of benzene rings is 1. The summed E-state index contributed by atoms with van der Waals surface area (Å²) in [4.78, 5) is 15.1. The molecule has 0 unspecified atom stereocenters. The monoisotopic (exact) mass is 542 g/mol. The highest BCUT2D eigenvalue weighted by Crippen LogP contribution is 2.16. The third kappa shape index (κ3) is 7.79. The number of rotatable bonds is 6. The molecule has 2 heterocycles. The van der Waals surface area contributed by atoms with Crippen molar-refractivity contribution >= 4 is 41.3 Å². The molecule has 166 valence electrons. The summed E-state index contributed by atoms with van der Waals surface area (Å²) < 4.78 is 0. The average Bonchev–Trinajstić information content (AvgIpc) is 2.90. The molecule has 2 N–H and O–H groups in total. The molecule has 1 aliphatic heterocycles. The van der Waals surface area contributed by atoms with E-state index in [1.54, 1.807) is 11.3 Å². The van der Waals surface area contributed by atoms with Crippen molar-refractivity contribution in [3.63, 3.8) is 0 Å². The molecule has 0 amide bonds. The van der Waals surface area contributed by atoms with Crippen molar-refractivity contribution in [2.24, 2.45) is 4.99 Å². The lowest BCUT2D eigenvalue weighted by Crippen LogP contribution is -2.36. The van der Waals surface area contributed by atoms with Crippen LogP contribution in [0.2, 0.25) is 0 Å². The van der Waals surface area contributed by atoms with E-state index in [1.807, 2.05) is 14.0 Å². The van der Waals surface area contributed by atoms with Crippen molar-refractivity contribution in [1.82, 2.24) is 25.4 Å². The number of nitrogens with zero attached hydrogens (tertiary/aromatic N) is 4. The minimum absolute atomic E-state index is 0. The van der Waals surface area contributed by atoms with Gasteiger partial charge in [-0.15, -0.1) is 35.3 Å². The largest absolute Gasteiger partial charge is 0.352 e. The van der Waals surface area contributed by atoms with Gasteiger partial charge in [0.05, 0.1) is 17.2 Å². The molecule has 0 bridgehead atoms. The molecule has 0 radical (unpaired) electrons. The van der Waals surface area contributed by atoms with Crippen LogP contribution >= 0.6 is 35.3 Å². The molecule has 0 aliphatic carbocycles. The van der Waals surface area contributed by atoms with Gasteiger partial charge in [0.1, 0.15) is 0 Å². The predicted molar refractivity (Wildman–Crippen MR) is 138 cm³/mol. The van der Waals surface area contributed by atoms with Crippen LogP contribution in [0.3, 0.4) is 0 Å². The van der Waals surface area contributed by atoms with Crippen molar-refractivity contribution in [2.45, 2.75) is 39.9 Å². The lowest BCUT2D eigenvalue weighted by atomic mass is 10.1. The Balaban J connectivity index is 0.00000320. The molecule has 1 aromatic heterocycles. The first-order valence-electron chi connectivity index (χ1n) is 10.4. The number of aryl methyl sites for hydroxylation is 2.